The Morgan fingerprint density at radius 2 is 1.34 bits per heavy atom. The molecule has 0 saturated heterocycles. The second-order valence-corrected chi connectivity index (χ2v) is 19.9. The predicted molar refractivity (Wildman–Crippen MR) is 208 cm³/mol. The molecule has 268 valence electrons. The molecule has 2 aliphatic carbocycles. The number of nitrogens with two attached hydrogens (primary N) is 1. The number of primary amides is 1. The van der Waals surface area contributed by atoms with Crippen LogP contribution < -0.4 is 10.6 Å². The molecule has 0 aromatic heterocycles. The van der Waals surface area contributed by atoms with Gasteiger partial charge in [-0.1, -0.05) is 112 Å². The number of nitrogens with zero attached hydrogens (tertiary/aromatic N) is 2. The lowest BCUT2D eigenvalue weighted by Gasteiger charge is -2.34. The summed E-state index contributed by atoms with van der Waals surface area (Å²) in [5.41, 5.74) is 2.51. The van der Waals surface area contributed by atoms with Crippen molar-refractivity contribution in [3.05, 3.63) is 35.1 Å². The molecule has 1 amide bonds. The van der Waals surface area contributed by atoms with Gasteiger partial charge >= 0.3 is 5.91 Å². The molecule has 47 heavy (non-hydrogen) atoms. The Kier molecular flexibility index (Phi) is 19.6. The number of amides is 1. The van der Waals surface area contributed by atoms with Gasteiger partial charge in [0.2, 0.25) is 0 Å². The van der Waals surface area contributed by atoms with Crippen LogP contribution in [-0.2, 0) is 11.0 Å². The lowest BCUT2D eigenvalue weighted by atomic mass is 9.95. The fourth-order valence-electron chi connectivity index (χ4n) is 7.78. The summed E-state index contributed by atoms with van der Waals surface area (Å²) >= 11 is 0. The summed E-state index contributed by atoms with van der Waals surface area (Å²) in [5.74, 6) is 1.31. The maximum Gasteiger partial charge on any atom is 0.324 e. The van der Waals surface area contributed by atoms with E-state index in [1.807, 2.05) is 5.32 Å². The maximum absolute atomic E-state index is 13.9. The third-order valence-electron chi connectivity index (χ3n) is 10.6. The minimum Gasteiger partial charge on any atom is -0.425 e. The van der Waals surface area contributed by atoms with E-state index in [9.17, 15) is 4.79 Å². The molecular formula is C41H74N4OP+. The number of carbonyl (C=O) groups excluding carboxylic acids is 1. The van der Waals surface area contributed by atoms with E-state index in [1.165, 1.54) is 127 Å². The highest BCUT2D eigenvalue weighted by Crippen LogP contribution is 2.63. The molecule has 0 unspecified atom stereocenters. The molecule has 1 atom stereocenters. The summed E-state index contributed by atoms with van der Waals surface area (Å²) in [5, 5.41) is 10.7. The quantitative estimate of drug-likeness (QED) is 0.0449. The molecule has 2 saturated carbocycles. The van der Waals surface area contributed by atoms with Gasteiger partial charge in [0.05, 0.1) is 24.6 Å². The number of quaternary nitrogens is 1. The van der Waals surface area contributed by atoms with Gasteiger partial charge in [-0.2, -0.15) is 0 Å². The molecule has 0 aliphatic heterocycles. The minimum absolute atomic E-state index is 0.155. The lowest BCUT2D eigenvalue weighted by Crippen LogP contribution is -2.86. The fraction of sp³-hybridized carbons (Fsp3) is 0.805. The second-order valence-electron chi connectivity index (χ2n) is 15.6. The van der Waals surface area contributed by atoms with Crippen molar-refractivity contribution >= 4 is 24.8 Å². The standard InChI is InChI=1S/C41H73N4OP/c1-6-9-18-29-47(30-19-10-7-2,31-20-11-8-3)33-35-25-27-38(28-26-35)42-40(46)39(32-34(4)5)45-41(43-36-21-14-12-15-22-36)44-37-23-16-13-17-24-37/h25-28,34,36-37,39H,6-24,29-33H2,1-5H3,(H2-,42,43,44,45,46)/p+1/t39-/m0/s1. The van der Waals surface area contributed by atoms with E-state index in [2.05, 4.69) is 64.2 Å². The van der Waals surface area contributed by atoms with Crippen LogP contribution in [0.3, 0.4) is 0 Å². The summed E-state index contributed by atoms with van der Waals surface area (Å²) in [7, 11) is -1.04. The predicted octanol–water partition coefficient (Wildman–Crippen LogP) is 10.9. The first kappa shape index (κ1) is 40.0. The van der Waals surface area contributed by atoms with Gasteiger partial charge in [-0.3, -0.25) is 5.32 Å². The lowest BCUT2D eigenvalue weighted by molar-refractivity contribution is -0.485. The van der Waals surface area contributed by atoms with Crippen molar-refractivity contribution in [1.82, 2.24) is 5.32 Å². The topological polar surface area (TPSA) is 72.2 Å². The molecule has 2 fully saturated rings. The zero-order valence-corrected chi connectivity index (χ0v) is 32.3. The van der Waals surface area contributed by atoms with E-state index >= 15 is 0 Å². The zero-order valence-electron chi connectivity index (χ0n) is 31.4. The van der Waals surface area contributed by atoms with Gasteiger partial charge in [0.25, 0.3) is 0 Å². The maximum atomic E-state index is 13.9. The molecule has 1 aromatic carbocycles. The van der Waals surface area contributed by atoms with Crippen LogP contribution in [0.1, 0.15) is 169 Å². The van der Waals surface area contributed by atoms with Crippen LogP contribution in [0.25, 0.3) is 5.32 Å². The van der Waals surface area contributed by atoms with Gasteiger partial charge in [-0.25, -0.2) is 4.79 Å². The van der Waals surface area contributed by atoms with Gasteiger partial charge in [0.1, 0.15) is 11.7 Å². The highest BCUT2D eigenvalue weighted by Gasteiger charge is 2.36. The van der Waals surface area contributed by atoms with Gasteiger partial charge in [-0.05, 0) is 99.2 Å². The SMILES string of the molecule is CCCCC[P+](CCCCC)(CCCCC)Cc1ccc([NH2+]C(=O)[C@H](CC(C)C)NC(=NC2CCCCC2)[N-]C2CCCCC2)cc1. The van der Waals surface area contributed by atoms with E-state index < -0.39 is 7.26 Å². The van der Waals surface area contributed by atoms with Crippen LogP contribution in [0.15, 0.2) is 29.3 Å². The highest BCUT2D eigenvalue weighted by molar-refractivity contribution is 7.75. The van der Waals surface area contributed by atoms with Gasteiger partial charge in [0.15, 0.2) is 0 Å². The van der Waals surface area contributed by atoms with Crippen LogP contribution in [-0.4, -0.2) is 48.5 Å². The molecule has 2 aliphatic rings. The van der Waals surface area contributed by atoms with Crippen molar-refractivity contribution in [1.29, 1.82) is 0 Å². The average molecular weight is 670 g/mol. The highest BCUT2D eigenvalue weighted by atomic mass is 31.2. The number of nitrogens with one attached hydrogen (secondary N) is 1. The third kappa shape index (κ3) is 15.8. The normalized spacial score (nSPS) is 17.6. The summed E-state index contributed by atoms with van der Waals surface area (Å²) in [6.07, 6.45) is 30.9. The summed E-state index contributed by atoms with van der Waals surface area (Å²) < 4.78 is 0. The summed E-state index contributed by atoms with van der Waals surface area (Å²) in [4.78, 5) is 19.1. The molecular weight excluding hydrogens is 595 g/mol. The van der Waals surface area contributed by atoms with Crippen molar-refractivity contribution in [3.8, 4) is 0 Å². The van der Waals surface area contributed by atoms with Crippen LogP contribution in [0.4, 0.5) is 5.69 Å². The number of hydrogen-bond acceptors (Lipinski definition) is 2. The second kappa shape index (κ2) is 23.0. The van der Waals surface area contributed by atoms with Crippen LogP contribution in [0, 0.1) is 5.92 Å². The number of rotatable bonds is 21. The number of benzene rings is 1. The molecule has 6 heteroatoms. The first-order chi connectivity index (χ1) is 22.9. The van der Waals surface area contributed by atoms with Crippen molar-refractivity contribution in [3.63, 3.8) is 0 Å². The molecule has 3 rings (SSSR count). The van der Waals surface area contributed by atoms with Crippen molar-refractivity contribution < 1.29 is 10.1 Å². The zero-order chi connectivity index (χ0) is 33.7. The number of carbonyl (C=O) groups is 1. The van der Waals surface area contributed by atoms with E-state index in [0.29, 0.717) is 18.0 Å². The van der Waals surface area contributed by atoms with Gasteiger partial charge in [0, 0.05) is 13.2 Å². The molecule has 0 heterocycles. The minimum atomic E-state index is -1.04. The molecule has 3 N–H and O–H groups in total. The number of guanidine groups is 1. The Labute approximate surface area is 291 Å². The summed E-state index contributed by atoms with van der Waals surface area (Å²) in [6.45, 7) is 11.4. The van der Waals surface area contributed by atoms with Gasteiger partial charge < -0.3 is 15.6 Å². The van der Waals surface area contributed by atoms with Gasteiger partial charge in [-0.15, -0.1) is 0 Å². The molecule has 5 nitrogen and oxygen atoms in total. The monoisotopic (exact) mass is 670 g/mol. The van der Waals surface area contributed by atoms with Crippen LogP contribution in [0.5, 0.6) is 0 Å². The Hall–Kier alpha value is -1.45. The Morgan fingerprint density at radius 3 is 1.85 bits per heavy atom. The fourth-order valence-corrected chi connectivity index (χ4v) is 12.6. The Morgan fingerprint density at radius 1 is 0.809 bits per heavy atom. The number of unbranched alkanes of at least 4 members (excludes halogenated alkanes) is 6. The van der Waals surface area contributed by atoms with Crippen LogP contribution >= 0.6 is 7.26 Å². The third-order valence-corrected chi connectivity index (χ3v) is 15.5. The van der Waals surface area contributed by atoms with E-state index in [1.54, 1.807) is 0 Å². The Balaban J connectivity index is 1.72. The van der Waals surface area contributed by atoms with E-state index in [0.717, 1.165) is 43.8 Å². The molecule has 1 aromatic rings. The van der Waals surface area contributed by atoms with Crippen molar-refractivity contribution in [2.24, 2.45) is 10.9 Å². The Bertz CT molecular complexity index is 971. The number of aliphatic imine (C=N–C) groups is 1. The summed E-state index contributed by atoms with van der Waals surface area (Å²) in [6, 6.07) is 9.48. The van der Waals surface area contributed by atoms with E-state index in [4.69, 9.17) is 10.3 Å². The van der Waals surface area contributed by atoms with E-state index in [-0.39, 0.29) is 11.9 Å². The molecule has 0 bridgehead atoms. The first-order valence-corrected chi connectivity index (χ1v) is 22.8. The largest absolute Gasteiger partial charge is 0.425 e. The number of hydrogen-bond donors (Lipinski definition) is 2. The van der Waals surface area contributed by atoms with Crippen LogP contribution in [0.2, 0.25) is 0 Å². The average Bonchev–Trinajstić information content (AvgIpc) is 3.06. The molecule has 0 spiro atoms. The van der Waals surface area contributed by atoms with Crippen molar-refractivity contribution in [2.75, 3.05) is 18.5 Å². The smallest absolute Gasteiger partial charge is 0.324 e. The van der Waals surface area contributed by atoms with Crippen molar-refractivity contribution in [2.45, 2.75) is 187 Å². The molecule has 0 radical (unpaired) electrons. The first-order valence-electron chi connectivity index (χ1n) is 20.2.